The summed E-state index contributed by atoms with van der Waals surface area (Å²) in [6, 6.07) is -0.951. The third-order valence-electron chi connectivity index (χ3n) is 8.18. The predicted molar refractivity (Wildman–Crippen MR) is 110 cm³/mol. The fraction of sp³-hybridized carbons (Fsp3) is 0.818. The van der Waals surface area contributed by atoms with Crippen LogP contribution in [0, 0.1) is 17.8 Å². The lowest BCUT2D eigenvalue weighted by Crippen LogP contribution is -2.73. The maximum atomic E-state index is 15.0. The van der Waals surface area contributed by atoms with Gasteiger partial charge in [-0.3, -0.25) is 4.79 Å². The Kier molecular flexibility index (Phi) is 5.90. The van der Waals surface area contributed by atoms with Crippen molar-refractivity contribution in [2.45, 2.75) is 87.3 Å². The Morgan fingerprint density at radius 2 is 1.97 bits per heavy atom. The molecular weight excluding hydrogens is 444 g/mol. The van der Waals surface area contributed by atoms with Crippen molar-refractivity contribution in [3.63, 3.8) is 0 Å². The molecule has 11 atom stereocenters. The van der Waals surface area contributed by atoms with E-state index in [1.807, 2.05) is 4.90 Å². The second-order valence-electron chi connectivity index (χ2n) is 9.66. The second-order valence-corrected chi connectivity index (χ2v) is 10.8. The Hall–Kier alpha value is -1.39. The summed E-state index contributed by atoms with van der Waals surface area (Å²) < 4.78 is 63.0. The number of nitrogens with zero attached hydrogens (tertiary/aromatic N) is 1. The number of halogens is 2. The number of hydrogen-bond donors (Lipinski definition) is 1. The van der Waals surface area contributed by atoms with Gasteiger partial charge < -0.3 is 18.9 Å². The van der Waals surface area contributed by atoms with Gasteiger partial charge in [-0.1, -0.05) is 12.8 Å². The third-order valence-corrected chi connectivity index (χ3v) is 9.24. The first kappa shape index (κ1) is 22.4. The van der Waals surface area contributed by atoms with Crippen molar-refractivity contribution < 1.29 is 36.6 Å². The van der Waals surface area contributed by atoms with Crippen LogP contribution in [0.2, 0.25) is 0 Å². The standard InChI is InChI=1S/C22H29F2NO6S/c1-2-30-22(27)13-9-25-18-11-6-4-3-5-10(11)16(32(28)29)8-15(18)31-21-17(24)14(23)7-12(19(21)25)20(13)26/h9-12,14-19,21H,2-8H2,1H3,(H,28,29). The number of Topliss-reactive ketones (excluding diaryl/α,β-unsaturated/α-hetero) is 1. The summed E-state index contributed by atoms with van der Waals surface area (Å²) >= 11 is -2.05. The Morgan fingerprint density at radius 1 is 1.25 bits per heavy atom. The minimum atomic E-state index is -2.05. The molecule has 11 unspecified atom stereocenters. The topological polar surface area (TPSA) is 93.1 Å². The van der Waals surface area contributed by atoms with Gasteiger partial charge in [-0.05, 0) is 44.4 Å². The number of ether oxygens (including phenoxy) is 2. The zero-order valence-corrected chi connectivity index (χ0v) is 18.7. The van der Waals surface area contributed by atoms with E-state index >= 15 is 4.39 Å². The van der Waals surface area contributed by atoms with Crippen LogP contribution >= 0.6 is 0 Å². The molecule has 10 heteroatoms. The van der Waals surface area contributed by atoms with Crippen molar-refractivity contribution in [1.29, 1.82) is 0 Å². The molecule has 5 aliphatic rings. The monoisotopic (exact) mass is 473 g/mol. The highest BCUT2D eigenvalue weighted by Gasteiger charge is 2.62. The number of fused-ring (bicyclic) bond motifs is 4. The van der Waals surface area contributed by atoms with E-state index in [2.05, 4.69) is 0 Å². The zero-order chi connectivity index (χ0) is 22.7. The van der Waals surface area contributed by atoms with E-state index in [9.17, 15) is 22.7 Å². The fourth-order valence-electron chi connectivity index (χ4n) is 6.95. The van der Waals surface area contributed by atoms with Crippen LogP contribution in [0.5, 0.6) is 0 Å². The van der Waals surface area contributed by atoms with Crippen LogP contribution in [0.15, 0.2) is 11.8 Å². The van der Waals surface area contributed by atoms with Crippen LogP contribution in [0.4, 0.5) is 8.78 Å². The van der Waals surface area contributed by atoms with E-state index < -0.39 is 64.6 Å². The van der Waals surface area contributed by atoms with Crippen molar-refractivity contribution in [3.8, 4) is 0 Å². The van der Waals surface area contributed by atoms with Gasteiger partial charge in [0.2, 0.25) is 0 Å². The number of hydrogen-bond acceptors (Lipinski definition) is 6. The van der Waals surface area contributed by atoms with Crippen molar-refractivity contribution in [1.82, 2.24) is 4.90 Å². The summed E-state index contributed by atoms with van der Waals surface area (Å²) in [5, 5.41) is -0.489. The van der Waals surface area contributed by atoms with Gasteiger partial charge in [0, 0.05) is 12.1 Å². The predicted octanol–water partition coefficient (Wildman–Crippen LogP) is 2.32. The molecule has 0 radical (unpaired) electrons. The number of morpholine rings is 1. The van der Waals surface area contributed by atoms with E-state index in [1.54, 1.807) is 6.92 Å². The lowest BCUT2D eigenvalue weighted by atomic mass is 9.63. The summed E-state index contributed by atoms with van der Waals surface area (Å²) in [6.45, 7) is 1.74. The number of rotatable bonds is 3. The molecule has 2 aliphatic heterocycles. The van der Waals surface area contributed by atoms with Crippen LogP contribution in [0.1, 0.15) is 45.4 Å². The number of esters is 1. The van der Waals surface area contributed by atoms with E-state index in [0.717, 1.165) is 25.7 Å². The lowest BCUT2D eigenvalue weighted by molar-refractivity contribution is -0.225. The average molecular weight is 474 g/mol. The molecule has 0 amide bonds. The summed E-state index contributed by atoms with van der Waals surface area (Å²) in [6.07, 6.45) is -0.479. The molecular formula is C22H29F2NO6S. The lowest BCUT2D eigenvalue weighted by Gasteiger charge is -2.61. The first-order valence-corrected chi connectivity index (χ1v) is 12.7. The number of carbonyl (C=O) groups excluding carboxylic acids is 2. The third kappa shape index (κ3) is 3.36. The highest BCUT2D eigenvalue weighted by atomic mass is 32.2. The zero-order valence-electron chi connectivity index (χ0n) is 17.9. The molecule has 0 bridgehead atoms. The fourth-order valence-corrected chi connectivity index (χ4v) is 7.94. The molecule has 5 rings (SSSR count). The largest absolute Gasteiger partial charge is 0.462 e. The van der Waals surface area contributed by atoms with Crippen LogP contribution in [0.3, 0.4) is 0 Å². The van der Waals surface area contributed by atoms with E-state index in [0.29, 0.717) is 0 Å². The first-order valence-electron chi connectivity index (χ1n) is 11.6. The Morgan fingerprint density at radius 3 is 2.66 bits per heavy atom. The quantitative estimate of drug-likeness (QED) is 0.382. The van der Waals surface area contributed by atoms with E-state index in [1.165, 1.54) is 6.20 Å². The Bertz CT molecular complexity index is 854. The second kappa shape index (κ2) is 8.43. The van der Waals surface area contributed by atoms with Crippen LogP contribution in [-0.4, -0.2) is 73.9 Å². The maximum absolute atomic E-state index is 15.0. The molecule has 0 aromatic carbocycles. The van der Waals surface area contributed by atoms with Gasteiger partial charge in [-0.15, -0.1) is 0 Å². The molecule has 0 spiro atoms. The summed E-state index contributed by atoms with van der Waals surface area (Å²) in [7, 11) is 0. The van der Waals surface area contributed by atoms with Crippen molar-refractivity contribution in [3.05, 3.63) is 11.8 Å². The van der Waals surface area contributed by atoms with Crippen molar-refractivity contribution in [2.75, 3.05) is 6.61 Å². The van der Waals surface area contributed by atoms with Crippen molar-refractivity contribution >= 4 is 22.8 Å². The molecule has 4 fully saturated rings. The van der Waals surface area contributed by atoms with E-state index in [4.69, 9.17) is 9.47 Å². The van der Waals surface area contributed by atoms with Gasteiger partial charge in [-0.25, -0.2) is 17.8 Å². The highest BCUT2D eigenvalue weighted by molar-refractivity contribution is 7.79. The normalized spacial score (nSPS) is 46.3. The number of carbonyl (C=O) groups is 2. The Balaban J connectivity index is 1.59. The molecule has 1 N–H and O–H groups in total. The van der Waals surface area contributed by atoms with Gasteiger partial charge in [0.25, 0.3) is 0 Å². The van der Waals surface area contributed by atoms with E-state index in [-0.39, 0.29) is 42.9 Å². The summed E-state index contributed by atoms with van der Waals surface area (Å²) in [5.74, 6) is -2.14. The Labute approximate surface area is 188 Å². The van der Waals surface area contributed by atoms with Gasteiger partial charge in [0.1, 0.15) is 17.8 Å². The summed E-state index contributed by atoms with van der Waals surface area (Å²) in [5.41, 5.74) is -0.128. The molecule has 2 heterocycles. The highest BCUT2D eigenvalue weighted by Crippen LogP contribution is 2.52. The number of alkyl halides is 2. The average Bonchev–Trinajstić information content (AvgIpc) is 2.77. The van der Waals surface area contributed by atoms with Crippen LogP contribution in [0.25, 0.3) is 0 Å². The van der Waals surface area contributed by atoms with Gasteiger partial charge in [0.05, 0.1) is 30.0 Å². The molecule has 7 nitrogen and oxygen atoms in total. The molecule has 32 heavy (non-hydrogen) atoms. The minimum Gasteiger partial charge on any atom is -0.462 e. The number of ketones is 1. The smallest absolute Gasteiger partial charge is 0.343 e. The minimum absolute atomic E-state index is 0.00481. The first-order chi connectivity index (χ1) is 15.3. The van der Waals surface area contributed by atoms with Gasteiger partial charge in [-0.2, -0.15) is 0 Å². The molecule has 1 saturated heterocycles. The van der Waals surface area contributed by atoms with Crippen molar-refractivity contribution in [2.24, 2.45) is 17.8 Å². The molecule has 0 aromatic heterocycles. The van der Waals surface area contributed by atoms with Gasteiger partial charge in [0.15, 0.2) is 23.0 Å². The van der Waals surface area contributed by atoms with Crippen LogP contribution in [-0.2, 0) is 30.1 Å². The SMILES string of the molecule is CCOC(=O)C1=CN2C3C(CC(S(=O)O)C4CCCCC43)OC3C(F)C(F)CC(C1=O)C32. The maximum Gasteiger partial charge on any atom is 0.343 e. The molecule has 3 saturated carbocycles. The molecule has 178 valence electrons. The summed E-state index contributed by atoms with van der Waals surface area (Å²) in [4.78, 5) is 27.6. The van der Waals surface area contributed by atoms with Crippen LogP contribution < -0.4 is 0 Å². The molecule has 0 aromatic rings. The molecule has 3 aliphatic carbocycles. The van der Waals surface area contributed by atoms with Gasteiger partial charge >= 0.3 is 5.97 Å².